The average molecular weight is 358 g/mol. The first-order valence-corrected chi connectivity index (χ1v) is 8.21. The summed E-state index contributed by atoms with van der Waals surface area (Å²) >= 11 is 0. The van der Waals surface area contributed by atoms with Crippen molar-refractivity contribution in [2.45, 2.75) is 13.3 Å². The number of rotatable bonds is 6. The maximum Gasteiger partial charge on any atom is 0.243 e. The molecule has 2 aromatic carbocycles. The number of hydrogen-bond acceptors (Lipinski definition) is 4. The number of nitrogens with zero attached hydrogens (tertiary/aromatic N) is 1. The van der Waals surface area contributed by atoms with Gasteiger partial charge in [0.05, 0.1) is 6.54 Å². The van der Waals surface area contributed by atoms with Crippen molar-refractivity contribution in [3.8, 4) is 11.5 Å². The summed E-state index contributed by atoms with van der Waals surface area (Å²) in [6.07, 6.45) is 0.337. The standard InChI is InChI=1S/C19H19FN2O4/c1-13(23)22(9-8-14-4-2-3-5-16(14)20)11-19(24)21-15-6-7-17-18(10-15)26-12-25-17/h2-7,10H,8-9,11-12H2,1H3,(H,21,24). The summed E-state index contributed by atoms with van der Waals surface area (Å²) in [5, 5.41) is 2.72. The van der Waals surface area contributed by atoms with Gasteiger partial charge in [-0.2, -0.15) is 0 Å². The molecule has 0 unspecified atom stereocenters. The molecule has 1 aliphatic heterocycles. The zero-order chi connectivity index (χ0) is 18.5. The molecule has 0 aromatic heterocycles. The van der Waals surface area contributed by atoms with Crippen molar-refractivity contribution in [1.82, 2.24) is 4.90 Å². The van der Waals surface area contributed by atoms with Crippen LogP contribution < -0.4 is 14.8 Å². The maximum absolute atomic E-state index is 13.7. The zero-order valence-corrected chi connectivity index (χ0v) is 14.3. The molecule has 0 radical (unpaired) electrons. The normalized spacial score (nSPS) is 11.9. The lowest BCUT2D eigenvalue weighted by atomic mass is 10.1. The number of benzene rings is 2. The van der Waals surface area contributed by atoms with Gasteiger partial charge in [0.25, 0.3) is 0 Å². The predicted octanol–water partition coefficient (Wildman–Crippen LogP) is 2.58. The Balaban J connectivity index is 1.58. The van der Waals surface area contributed by atoms with E-state index >= 15 is 0 Å². The van der Waals surface area contributed by atoms with Crippen molar-refractivity contribution in [1.29, 1.82) is 0 Å². The fraction of sp³-hybridized carbons (Fsp3) is 0.263. The van der Waals surface area contributed by atoms with E-state index in [1.165, 1.54) is 17.9 Å². The Hall–Kier alpha value is -3.09. The third kappa shape index (κ3) is 4.30. The molecule has 136 valence electrons. The molecule has 3 rings (SSSR count). The molecular formula is C19H19FN2O4. The van der Waals surface area contributed by atoms with E-state index in [2.05, 4.69) is 5.32 Å². The zero-order valence-electron chi connectivity index (χ0n) is 14.3. The van der Waals surface area contributed by atoms with Crippen LogP contribution >= 0.6 is 0 Å². The van der Waals surface area contributed by atoms with Crippen LogP contribution in [-0.4, -0.2) is 36.6 Å². The quantitative estimate of drug-likeness (QED) is 0.862. The average Bonchev–Trinajstić information content (AvgIpc) is 3.07. The Labute approximate surface area is 150 Å². The number of carbonyl (C=O) groups is 2. The van der Waals surface area contributed by atoms with E-state index in [0.29, 0.717) is 29.2 Å². The van der Waals surface area contributed by atoms with Crippen LogP contribution in [0, 0.1) is 5.82 Å². The predicted molar refractivity (Wildman–Crippen MR) is 93.6 cm³/mol. The van der Waals surface area contributed by atoms with E-state index in [9.17, 15) is 14.0 Å². The van der Waals surface area contributed by atoms with Gasteiger partial charge in [0.2, 0.25) is 18.6 Å². The van der Waals surface area contributed by atoms with Gasteiger partial charge in [-0.05, 0) is 30.2 Å². The van der Waals surface area contributed by atoms with Crippen molar-refractivity contribution in [2.24, 2.45) is 0 Å². The second kappa shape index (κ2) is 7.86. The van der Waals surface area contributed by atoms with E-state index in [4.69, 9.17) is 9.47 Å². The van der Waals surface area contributed by atoms with Gasteiger partial charge in [-0.15, -0.1) is 0 Å². The van der Waals surface area contributed by atoms with Crippen LogP contribution in [0.1, 0.15) is 12.5 Å². The monoisotopic (exact) mass is 358 g/mol. The molecule has 0 aliphatic carbocycles. The highest BCUT2D eigenvalue weighted by molar-refractivity contribution is 5.94. The fourth-order valence-electron chi connectivity index (χ4n) is 2.65. The molecule has 0 bridgehead atoms. The number of carbonyl (C=O) groups excluding carboxylic acids is 2. The van der Waals surface area contributed by atoms with E-state index in [-0.39, 0.29) is 37.5 Å². The van der Waals surface area contributed by atoms with Crippen molar-refractivity contribution >= 4 is 17.5 Å². The van der Waals surface area contributed by atoms with Gasteiger partial charge in [-0.3, -0.25) is 9.59 Å². The van der Waals surface area contributed by atoms with Gasteiger partial charge in [-0.1, -0.05) is 18.2 Å². The van der Waals surface area contributed by atoms with Gasteiger partial charge < -0.3 is 19.7 Å². The highest BCUT2D eigenvalue weighted by atomic mass is 19.1. The van der Waals surface area contributed by atoms with Crippen LogP contribution in [0.4, 0.5) is 10.1 Å². The smallest absolute Gasteiger partial charge is 0.243 e. The van der Waals surface area contributed by atoms with Crippen LogP contribution in [0.25, 0.3) is 0 Å². The van der Waals surface area contributed by atoms with Crippen LogP contribution in [-0.2, 0) is 16.0 Å². The van der Waals surface area contributed by atoms with E-state index < -0.39 is 0 Å². The molecule has 0 saturated heterocycles. The third-order valence-electron chi connectivity index (χ3n) is 4.05. The van der Waals surface area contributed by atoms with Crippen LogP contribution in [0.3, 0.4) is 0 Å². The molecule has 2 aromatic rings. The summed E-state index contributed by atoms with van der Waals surface area (Å²) in [5.74, 6) is 0.277. The lowest BCUT2D eigenvalue weighted by Gasteiger charge is -2.20. The summed E-state index contributed by atoms with van der Waals surface area (Å²) in [6, 6.07) is 11.5. The minimum Gasteiger partial charge on any atom is -0.454 e. The number of fused-ring (bicyclic) bond motifs is 1. The van der Waals surface area contributed by atoms with Gasteiger partial charge in [0, 0.05) is 25.2 Å². The summed E-state index contributed by atoms with van der Waals surface area (Å²) in [5.41, 5.74) is 1.06. The number of nitrogens with one attached hydrogen (secondary N) is 1. The SMILES string of the molecule is CC(=O)N(CCc1ccccc1F)CC(=O)Nc1ccc2c(c1)OCO2. The molecular weight excluding hydrogens is 339 g/mol. The third-order valence-corrected chi connectivity index (χ3v) is 4.05. The first-order chi connectivity index (χ1) is 12.5. The number of halogens is 1. The Bertz CT molecular complexity index is 825. The Morgan fingerprint density at radius 3 is 2.69 bits per heavy atom. The largest absolute Gasteiger partial charge is 0.454 e. The van der Waals surface area contributed by atoms with E-state index in [1.807, 2.05) is 0 Å². The molecule has 0 atom stereocenters. The van der Waals surface area contributed by atoms with Crippen molar-refractivity contribution in [3.63, 3.8) is 0 Å². The van der Waals surface area contributed by atoms with Crippen molar-refractivity contribution in [3.05, 3.63) is 53.8 Å². The second-order valence-corrected chi connectivity index (χ2v) is 5.90. The second-order valence-electron chi connectivity index (χ2n) is 5.90. The summed E-state index contributed by atoms with van der Waals surface area (Å²) in [6.45, 7) is 1.68. The summed E-state index contributed by atoms with van der Waals surface area (Å²) < 4.78 is 24.2. The molecule has 26 heavy (non-hydrogen) atoms. The molecule has 0 spiro atoms. The van der Waals surface area contributed by atoms with Crippen molar-refractivity contribution in [2.75, 3.05) is 25.2 Å². The minimum atomic E-state index is -0.340. The highest BCUT2D eigenvalue weighted by Crippen LogP contribution is 2.34. The Kier molecular flexibility index (Phi) is 5.36. The number of amides is 2. The maximum atomic E-state index is 13.7. The lowest BCUT2D eigenvalue weighted by molar-refractivity contribution is -0.132. The Morgan fingerprint density at radius 1 is 1.15 bits per heavy atom. The molecule has 0 saturated carbocycles. The van der Waals surface area contributed by atoms with Crippen molar-refractivity contribution < 1.29 is 23.5 Å². The minimum absolute atomic E-state index is 0.113. The molecule has 2 amide bonds. The molecule has 7 heteroatoms. The summed E-state index contributed by atoms with van der Waals surface area (Å²) in [7, 11) is 0. The molecule has 0 fully saturated rings. The number of hydrogen-bond donors (Lipinski definition) is 1. The highest BCUT2D eigenvalue weighted by Gasteiger charge is 2.17. The van der Waals surface area contributed by atoms with E-state index in [1.54, 1.807) is 36.4 Å². The lowest BCUT2D eigenvalue weighted by Crippen LogP contribution is -2.38. The Morgan fingerprint density at radius 2 is 1.92 bits per heavy atom. The van der Waals surface area contributed by atoms with Gasteiger partial charge >= 0.3 is 0 Å². The van der Waals surface area contributed by atoms with Crippen LogP contribution in [0.5, 0.6) is 11.5 Å². The summed E-state index contributed by atoms with van der Waals surface area (Å²) in [4.78, 5) is 25.4. The van der Waals surface area contributed by atoms with Gasteiger partial charge in [0.15, 0.2) is 11.5 Å². The molecule has 6 nitrogen and oxygen atoms in total. The molecule has 1 aliphatic rings. The van der Waals surface area contributed by atoms with Gasteiger partial charge in [0.1, 0.15) is 5.82 Å². The van der Waals surface area contributed by atoms with Gasteiger partial charge in [-0.25, -0.2) is 4.39 Å². The molecule has 1 heterocycles. The topological polar surface area (TPSA) is 67.9 Å². The van der Waals surface area contributed by atoms with Crippen LogP contribution in [0.15, 0.2) is 42.5 Å². The number of ether oxygens (including phenoxy) is 2. The first-order valence-electron chi connectivity index (χ1n) is 8.21. The van der Waals surface area contributed by atoms with Crippen LogP contribution in [0.2, 0.25) is 0 Å². The fourth-order valence-corrected chi connectivity index (χ4v) is 2.65. The van der Waals surface area contributed by atoms with E-state index in [0.717, 1.165) is 0 Å². The first kappa shape index (κ1) is 17.7. The number of anilines is 1. The molecule has 1 N–H and O–H groups in total.